The van der Waals surface area contributed by atoms with Gasteiger partial charge < -0.3 is 9.84 Å². The summed E-state index contributed by atoms with van der Waals surface area (Å²) in [5.74, 6) is -0.250. The average Bonchev–Trinajstić information content (AvgIpc) is 3.29. The maximum absolute atomic E-state index is 13.0. The van der Waals surface area contributed by atoms with Crippen LogP contribution >= 0.6 is 11.8 Å². The molecule has 0 aliphatic heterocycles. The van der Waals surface area contributed by atoms with Crippen LogP contribution in [-0.4, -0.2) is 41.7 Å². The van der Waals surface area contributed by atoms with Gasteiger partial charge in [-0.1, -0.05) is 23.4 Å². The Kier molecular flexibility index (Phi) is 7.84. The van der Waals surface area contributed by atoms with Crippen LogP contribution in [0.25, 0.3) is 11.3 Å². The van der Waals surface area contributed by atoms with E-state index in [0.717, 1.165) is 11.0 Å². The van der Waals surface area contributed by atoms with Gasteiger partial charge in [0.15, 0.2) is 0 Å². The molecule has 0 unspecified atom stereocenters. The van der Waals surface area contributed by atoms with Crippen molar-refractivity contribution in [1.82, 2.24) is 14.9 Å². The number of hydrogen-bond acceptors (Lipinski definition) is 10. The molecule has 13 heteroatoms. The number of thioether (sulfide) groups is 1. The fourth-order valence-electron chi connectivity index (χ4n) is 3.42. The van der Waals surface area contributed by atoms with Crippen LogP contribution in [0.2, 0.25) is 0 Å². The molecule has 4 aromatic rings. The lowest BCUT2D eigenvalue weighted by Gasteiger charge is -2.10. The van der Waals surface area contributed by atoms with E-state index in [1.165, 1.54) is 31.5 Å². The van der Waals surface area contributed by atoms with Gasteiger partial charge in [0.2, 0.25) is 0 Å². The fraction of sp³-hybridized carbons (Fsp3) is 0.125. The third-order valence-corrected chi connectivity index (χ3v) is 7.50. The Morgan fingerprint density at radius 2 is 1.92 bits per heavy atom. The van der Waals surface area contributed by atoms with Gasteiger partial charge >= 0.3 is 0 Å². The molecule has 0 spiro atoms. The lowest BCUT2D eigenvalue weighted by atomic mass is 10.1. The maximum Gasteiger partial charge on any atom is 0.293 e. The van der Waals surface area contributed by atoms with Crippen LogP contribution in [-0.2, 0) is 10.0 Å². The maximum atomic E-state index is 13.0. The quantitative estimate of drug-likeness (QED) is 0.129. The SMILES string of the molecule is Cc1onc(-c2cccnc2)c1C(=O)NS(=O)(=O)c1ccc(NCCSc2ccccc2)c([N+](=O)[O-])c1. The molecule has 0 fully saturated rings. The van der Waals surface area contributed by atoms with Gasteiger partial charge in [0.25, 0.3) is 21.6 Å². The number of pyridine rings is 1. The number of nitro groups is 1. The highest BCUT2D eigenvalue weighted by molar-refractivity contribution is 7.99. The summed E-state index contributed by atoms with van der Waals surface area (Å²) in [6.45, 7) is 1.88. The minimum absolute atomic E-state index is 0.0831. The van der Waals surface area contributed by atoms with Gasteiger partial charge in [0.05, 0.1) is 9.82 Å². The Balaban J connectivity index is 1.50. The summed E-state index contributed by atoms with van der Waals surface area (Å²) in [6.07, 6.45) is 2.99. The number of nitro benzene ring substituents is 1. The van der Waals surface area contributed by atoms with Crippen LogP contribution in [0, 0.1) is 17.0 Å². The molecule has 190 valence electrons. The first-order chi connectivity index (χ1) is 17.8. The summed E-state index contributed by atoms with van der Waals surface area (Å²) in [7, 11) is -4.46. The third-order valence-electron chi connectivity index (χ3n) is 5.16. The molecule has 11 nitrogen and oxygen atoms in total. The number of rotatable bonds is 10. The van der Waals surface area contributed by atoms with Crippen LogP contribution in [0.3, 0.4) is 0 Å². The predicted molar refractivity (Wildman–Crippen MR) is 138 cm³/mol. The average molecular weight is 540 g/mol. The van der Waals surface area contributed by atoms with Gasteiger partial charge in [-0.25, -0.2) is 13.1 Å². The van der Waals surface area contributed by atoms with Crippen LogP contribution in [0.15, 0.2) is 87.4 Å². The molecule has 2 aromatic carbocycles. The smallest absolute Gasteiger partial charge is 0.293 e. The molecule has 0 atom stereocenters. The third kappa shape index (κ3) is 6.13. The second-order valence-corrected chi connectivity index (χ2v) is 10.5. The van der Waals surface area contributed by atoms with E-state index >= 15 is 0 Å². The summed E-state index contributed by atoms with van der Waals surface area (Å²) in [5.41, 5.74) is 0.228. The molecule has 0 saturated carbocycles. The fourth-order valence-corrected chi connectivity index (χ4v) is 5.19. The normalized spacial score (nSPS) is 11.2. The Morgan fingerprint density at radius 1 is 1.14 bits per heavy atom. The lowest BCUT2D eigenvalue weighted by molar-refractivity contribution is -0.384. The molecule has 0 aliphatic carbocycles. The number of carbonyl (C=O) groups excluding carboxylic acids is 1. The topological polar surface area (TPSA) is 157 Å². The number of carbonyl (C=O) groups is 1. The number of amides is 1. The number of aryl methyl sites for hydroxylation is 1. The van der Waals surface area contributed by atoms with Gasteiger partial charge in [-0.05, 0) is 43.3 Å². The van der Waals surface area contributed by atoms with E-state index in [2.05, 4.69) is 15.5 Å². The second-order valence-electron chi connectivity index (χ2n) is 7.66. The van der Waals surface area contributed by atoms with Crippen molar-refractivity contribution < 1.29 is 22.7 Å². The molecule has 0 aliphatic rings. The molecule has 0 radical (unpaired) electrons. The van der Waals surface area contributed by atoms with Crippen molar-refractivity contribution in [2.75, 3.05) is 17.6 Å². The highest BCUT2D eigenvalue weighted by Gasteiger charge is 2.28. The van der Waals surface area contributed by atoms with Crippen molar-refractivity contribution in [3.8, 4) is 11.3 Å². The minimum atomic E-state index is -4.46. The largest absolute Gasteiger partial charge is 0.379 e. The number of aromatic nitrogens is 2. The highest BCUT2D eigenvalue weighted by atomic mass is 32.2. The molecule has 37 heavy (non-hydrogen) atoms. The summed E-state index contributed by atoms with van der Waals surface area (Å²) in [6, 6.07) is 16.3. The zero-order valence-electron chi connectivity index (χ0n) is 19.5. The predicted octanol–water partition coefficient (Wildman–Crippen LogP) is 4.28. The monoisotopic (exact) mass is 539 g/mol. The van der Waals surface area contributed by atoms with Gasteiger partial charge in [0, 0.05) is 41.2 Å². The Bertz CT molecular complexity index is 1530. The zero-order valence-corrected chi connectivity index (χ0v) is 21.1. The Labute approximate surface area is 216 Å². The summed E-state index contributed by atoms with van der Waals surface area (Å²) >= 11 is 1.57. The van der Waals surface area contributed by atoms with E-state index in [-0.39, 0.29) is 22.7 Å². The Morgan fingerprint density at radius 3 is 2.62 bits per heavy atom. The standard InChI is InChI=1S/C24H21N5O6S2/c1-16-22(23(27-35-16)17-6-5-11-25-15-17)24(30)28-37(33,34)19-9-10-20(21(14-19)29(31)32)26-12-13-36-18-7-3-2-4-8-18/h2-11,14-15,26H,12-13H2,1H3,(H,28,30). The molecule has 0 bridgehead atoms. The molecule has 4 rings (SSSR count). The number of sulfonamides is 1. The number of anilines is 1. The minimum Gasteiger partial charge on any atom is -0.379 e. The van der Waals surface area contributed by atoms with E-state index in [1.54, 1.807) is 23.9 Å². The summed E-state index contributed by atoms with van der Waals surface area (Å²) in [4.78, 5) is 28.5. The highest BCUT2D eigenvalue weighted by Crippen LogP contribution is 2.29. The lowest BCUT2D eigenvalue weighted by Crippen LogP contribution is -2.31. The van der Waals surface area contributed by atoms with Crippen molar-refractivity contribution in [1.29, 1.82) is 0 Å². The molecule has 1 amide bonds. The molecule has 2 heterocycles. The van der Waals surface area contributed by atoms with Crippen molar-refractivity contribution >= 4 is 39.1 Å². The number of hydrogen-bond donors (Lipinski definition) is 2. The van der Waals surface area contributed by atoms with Crippen LogP contribution in [0.1, 0.15) is 16.1 Å². The summed E-state index contributed by atoms with van der Waals surface area (Å²) < 4.78 is 33.0. The van der Waals surface area contributed by atoms with Crippen LogP contribution in [0.4, 0.5) is 11.4 Å². The Hall–Kier alpha value is -4.23. The first-order valence-electron chi connectivity index (χ1n) is 10.9. The van der Waals surface area contributed by atoms with E-state index in [9.17, 15) is 23.3 Å². The zero-order chi connectivity index (χ0) is 26.4. The van der Waals surface area contributed by atoms with Gasteiger partial charge in [-0.15, -0.1) is 11.8 Å². The van der Waals surface area contributed by atoms with Crippen molar-refractivity contribution in [3.63, 3.8) is 0 Å². The van der Waals surface area contributed by atoms with Gasteiger partial charge in [-0.2, -0.15) is 0 Å². The molecule has 2 N–H and O–H groups in total. The van der Waals surface area contributed by atoms with Gasteiger partial charge in [-0.3, -0.25) is 19.9 Å². The number of benzene rings is 2. The van der Waals surface area contributed by atoms with Gasteiger partial charge in [0.1, 0.15) is 22.7 Å². The van der Waals surface area contributed by atoms with Crippen molar-refractivity contribution in [2.45, 2.75) is 16.7 Å². The number of nitrogens with zero attached hydrogens (tertiary/aromatic N) is 3. The first-order valence-corrected chi connectivity index (χ1v) is 13.4. The summed E-state index contributed by atoms with van der Waals surface area (Å²) in [5, 5.41) is 18.5. The van der Waals surface area contributed by atoms with Crippen LogP contribution < -0.4 is 10.0 Å². The van der Waals surface area contributed by atoms with Crippen molar-refractivity contribution in [3.05, 3.63) is 94.5 Å². The van der Waals surface area contributed by atoms with E-state index in [1.807, 2.05) is 35.1 Å². The van der Waals surface area contributed by atoms with E-state index in [4.69, 9.17) is 4.52 Å². The van der Waals surface area contributed by atoms with Crippen molar-refractivity contribution in [2.24, 2.45) is 0 Å². The molecular formula is C24H21N5O6S2. The molecule has 0 saturated heterocycles. The molecular weight excluding hydrogens is 518 g/mol. The van der Waals surface area contributed by atoms with Crippen LogP contribution in [0.5, 0.6) is 0 Å². The first kappa shape index (κ1) is 25.9. The van der Waals surface area contributed by atoms with E-state index in [0.29, 0.717) is 17.9 Å². The second kappa shape index (κ2) is 11.2. The van der Waals surface area contributed by atoms with E-state index < -0.39 is 31.4 Å². The molecule has 2 aromatic heterocycles. The number of nitrogens with one attached hydrogen (secondary N) is 2.